The summed E-state index contributed by atoms with van der Waals surface area (Å²) in [6.45, 7) is 5.69. The highest BCUT2D eigenvalue weighted by Gasteiger charge is 2.28. The molecule has 0 N–H and O–H groups in total. The highest BCUT2D eigenvalue weighted by molar-refractivity contribution is 7.89. The van der Waals surface area contributed by atoms with Crippen LogP contribution in [0.5, 0.6) is 0 Å². The largest absolute Gasteiger partial charge is 0.330 e. The molecule has 2 heterocycles. The van der Waals surface area contributed by atoms with Gasteiger partial charge in [0.2, 0.25) is 10.0 Å². The van der Waals surface area contributed by atoms with Gasteiger partial charge in [0, 0.05) is 30.1 Å². The molecule has 1 amide bonds. The lowest BCUT2D eigenvalue weighted by Gasteiger charge is -2.21. The fourth-order valence-corrected chi connectivity index (χ4v) is 5.30. The normalized spacial score (nSPS) is 15.1. The Bertz CT molecular complexity index is 870. The van der Waals surface area contributed by atoms with E-state index in [0.29, 0.717) is 31.7 Å². The molecule has 26 heavy (non-hydrogen) atoms. The van der Waals surface area contributed by atoms with Crippen molar-refractivity contribution in [3.8, 4) is 0 Å². The van der Waals surface area contributed by atoms with E-state index in [4.69, 9.17) is 0 Å². The summed E-state index contributed by atoms with van der Waals surface area (Å²) in [6, 6.07) is 10.3. The van der Waals surface area contributed by atoms with Gasteiger partial charge in [0.1, 0.15) is 0 Å². The second-order valence-corrected chi connectivity index (χ2v) is 9.16. The molecule has 5 nitrogen and oxygen atoms in total. The third-order valence-corrected chi connectivity index (χ3v) is 7.10. The predicted octanol–water partition coefficient (Wildman–Crippen LogP) is 3.36. The average molecular weight is 391 g/mol. The quantitative estimate of drug-likeness (QED) is 0.681. The van der Waals surface area contributed by atoms with Crippen molar-refractivity contribution in [3.63, 3.8) is 0 Å². The molecular formula is C19H22N2O3S2. The first-order chi connectivity index (χ1) is 12.5. The minimum atomic E-state index is -3.54. The second kappa shape index (κ2) is 8.16. The van der Waals surface area contributed by atoms with Crippen molar-refractivity contribution in [2.45, 2.75) is 24.3 Å². The molecule has 3 rings (SSSR count). The first-order valence-electron chi connectivity index (χ1n) is 8.55. The summed E-state index contributed by atoms with van der Waals surface area (Å²) in [5.41, 5.74) is 0.378. The van der Waals surface area contributed by atoms with Gasteiger partial charge in [-0.1, -0.05) is 18.2 Å². The van der Waals surface area contributed by atoms with E-state index in [1.54, 1.807) is 40.5 Å². The fraction of sp³-hybridized carbons (Fsp3) is 0.316. The number of hydrogen-bond donors (Lipinski definition) is 0. The first-order valence-corrected chi connectivity index (χ1v) is 10.9. The second-order valence-electron chi connectivity index (χ2n) is 6.19. The molecule has 1 aromatic carbocycles. The maximum atomic E-state index is 12.9. The Hall–Kier alpha value is -1.96. The van der Waals surface area contributed by atoms with Crippen LogP contribution in [0.1, 0.15) is 28.1 Å². The van der Waals surface area contributed by atoms with Crippen LogP contribution in [0.3, 0.4) is 0 Å². The topological polar surface area (TPSA) is 57.7 Å². The van der Waals surface area contributed by atoms with Gasteiger partial charge in [-0.3, -0.25) is 4.79 Å². The fourth-order valence-electron chi connectivity index (χ4n) is 3.02. The molecular weight excluding hydrogens is 368 g/mol. The van der Waals surface area contributed by atoms with E-state index >= 15 is 0 Å². The van der Waals surface area contributed by atoms with Crippen LogP contribution in [0.4, 0.5) is 0 Å². The molecule has 0 spiro atoms. The van der Waals surface area contributed by atoms with E-state index in [1.165, 1.54) is 10.4 Å². The Labute approximate surface area is 158 Å². The third-order valence-electron chi connectivity index (χ3n) is 4.35. The van der Waals surface area contributed by atoms with Crippen molar-refractivity contribution in [3.05, 3.63) is 64.9 Å². The predicted molar refractivity (Wildman–Crippen MR) is 104 cm³/mol. The highest BCUT2D eigenvalue weighted by Crippen LogP contribution is 2.22. The number of nitrogens with zero attached hydrogens (tertiary/aromatic N) is 2. The Balaban J connectivity index is 1.85. The first kappa shape index (κ1) is 18.8. The van der Waals surface area contributed by atoms with Gasteiger partial charge in [-0.15, -0.1) is 17.9 Å². The van der Waals surface area contributed by atoms with E-state index in [9.17, 15) is 13.2 Å². The summed E-state index contributed by atoms with van der Waals surface area (Å²) in [5, 5.41) is 1.97. The molecule has 138 valence electrons. The lowest BCUT2D eigenvalue weighted by molar-refractivity contribution is 0.0764. The summed E-state index contributed by atoms with van der Waals surface area (Å²) < 4.78 is 27.0. The van der Waals surface area contributed by atoms with Crippen molar-refractivity contribution >= 4 is 27.3 Å². The Morgan fingerprint density at radius 1 is 1.23 bits per heavy atom. The number of amides is 1. The van der Waals surface area contributed by atoms with Crippen LogP contribution < -0.4 is 0 Å². The number of hydrogen-bond acceptors (Lipinski definition) is 4. The molecule has 0 radical (unpaired) electrons. The molecule has 1 aliphatic rings. The molecule has 0 atom stereocenters. The molecule has 1 saturated heterocycles. The molecule has 2 aromatic rings. The minimum absolute atomic E-state index is 0.180. The lowest BCUT2D eigenvalue weighted by Crippen LogP contribution is -2.31. The highest BCUT2D eigenvalue weighted by atomic mass is 32.2. The Morgan fingerprint density at radius 2 is 2.00 bits per heavy atom. The van der Waals surface area contributed by atoms with Crippen LogP contribution >= 0.6 is 11.3 Å². The van der Waals surface area contributed by atoms with Crippen molar-refractivity contribution < 1.29 is 13.2 Å². The van der Waals surface area contributed by atoms with Crippen LogP contribution in [0, 0.1) is 0 Å². The van der Waals surface area contributed by atoms with Gasteiger partial charge in [-0.25, -0.2) is 8.42 Å². The van der Waals surface area contributed by atoms with Crippen molar-refractivity contribution in [2.24, 2.45) is 0 Å². The van der Waals surface area contributed by atoms with Crippen molar-refractivity contribution in [1.29, 1.82) is 0 Å². The molecule has 7 heteroatoms. The van der Waals surface area contributed by atoms with Gasteiger partial charge in [-0.2, -0.15) is 4.31 Å². The number of thiophene rings is 1. The van der Waals surface area contributed by atoms with Crippen LogP contribution in [0.2, 0.25) is 0 Å². The zero-order valence-corrected chi connectivity index (χ0v) is 16.1. The molecule has 1 fully saturated rings. The van der Waals surface area contributed by atoms with Gasteiger partial charge in [0.25, 0.3) is 5.91 Å². The Kier molecular flexibility index (Phi) is 5.90. The average Bonchev–Trinajstić information content (AvgIpc) is 3.35. The van der Waals surface area contributed by atoms with Crippen molar-refractivity contribution in [2.75, 3.05) is 19.6 Å². The van der Waals surface area contributed by atoms with Gasteiger partial charge in [0.05, 0.1) is 11.4 Å². The summed E-state index contributed by atoms with van der Waals surface area (Å²) >= 11 is 1.58. The monoisotopic (exact) mass is 390 g/mol. The van der Waals surface area contributed by atoms with Crippen LogP contribution in [-0.2, 0) is 16.6 Å². The van der Waals surface area contributed by atoms with Crippen molar-refractivity contribution in [1.82, 2.24) is 9.21 Å². The van der Waals surface area contributed by atoms with E-state index in [-0.39, 0.29) is 10.8 Å². The third kappa shape index (κ3) is 4.06. The van der Waals surface area contributed by atoms with Crippen LogP contribution in [0.25, 0.3) is 0 Å². The maximum absolute atomic E-state index is 12.9. The number of rotatable bonds is 7. The number of carbonyl (C=O) groups excluding carboxylic acids is 1. The smallest absolute Gasteiger partial charge is 0.254 e. The summed E-state index contributed by atoms with van der Waals surface area (Å²) in [4.78, 5) is 15.9. The molecule has 0 saturated carbocycles. The molecule has 0 bridgehead atoms. The molecule has 0 aliphatic carbocycles. The molecule has 0 unspecified atom stereocenters. The van der Waals surface area contributed by atoms with Gasteiger partial charge in [-0.05, 0) is 42.5 Å². The summed E-state index contributed by atoms with van der Waals surface area (Å²) in [5.74, 6) is -0.197. The number of carbonyl (C=O) groups is 1. The van der Waals surface area contributed by atoms with Gasteiger partial charge >= 0.3 is 0 Å². The molecule has 1 aromatic heterocycles. The Morgan fingerprint density at radius 3 is 2.65 bits per heavy atom. The van der Waals surface area contributed by atoms with Crippen LogP contribution in [-0.4, -0.2) is 43.2 Å². The standard InChI is InChI=1S/C19H22N2O3S2/c1-2-10-20(15-17-8-6-13-25-17)19(22)16-7-5-9-18(14-16)26(23,24)21-11-3-4-12-21/h2,5-9,13-14H,1,3-4,10-12,15H2. The van der Waals surface area contributed by atoms with E-state index in [0.717, 1.165) is 17.7 Å². The zero-order chi connectivity index (χ0) is 18.6. The molecule has 1 aliphatic heterocycles. The number of sulfonamides is 1. The lowest BCUT2D eigenvalue weighted by atomic mass is 10.2. The minimum Gasteiger partial charge on any atom is -0.330 e. The van der Waals surface area contributed by atoms with Gasteiger partial charge < -0.3 is 4.90 Å². The zero-order valence-electron chi connectivity index (χ0n) is 14.5. The van der Waals surface area contributed by atoms with E-state index < -0.39 is 10.0 Å². The SMILES string of the molecule is C=CCN(Cc1cccs1)C(=O)c1cccc(S(=O)(=O)N2CCCC2)c1. The number of benzene rings is 1. The van der Waals surface area contributed by atoms with E-state index in [2.05, 4.69) is 6.58 Å². The van der Waals surface area contributed by atoms with E-state index in [1.807, 2.05) is 17.5 Å². The summed E-state index contributed by atoms with van der Waals surface area (Å²) in [7, 11) is -3.54. The van der Waals surface area contributed by atoms with Gasteiger partial charge in [0.15, 0.2) is 0 Å². The maximum Gasteiger partial charge on any atom is 0.254 e. The van der Waals surface area contributed by atoms with Crippen LogP contribution in [0.15, 0.2) is 59.3 Å². The summed E-state index contributed by atoms with van der Waals surface area (Å²) in [6.07, 6.45) is 3.44.